The second kappa shape index (κ2) is 8.63. The van der Waals surface area contributed by atoms with Crippen molar-refractivity contribution in [3.63, 3.8) is 0 Å². The topological polar surface area (TPSA) is 81.3 Å². The van der Waals surface area contributed by atoms with Crippen LogP contribution in [-0.4, -0.2) is 40.2 Å². The third-order valence-corrected chi connectivity index (χ3v) is 6.91. The average molecular weight is 405 g/mol. The molecule has 1 aliphatic carbocycles. The van der Waals surface area contributed by atoms with Gasteiger partial charge in [-0.3, -0.25) is 4.79 Å². The van der Waals surface area contributed by atoms with Crippen molar-refractivity contribution in [3.8, 4) is 0 Å². The van der Waals surface area contributed by atoms with Crippen LogP contribution in [0, 0.1) is 0 Å². The molecular weight excluding hydrogens is 372 g/mol. The molecule has 2 atom stereocenters. The molecule has 1 aliphatic rings. The fourth-order valence-corrected chi connectivity index (χ4v) is 4.25. The van der Waals surface area contributed by atoms with Crippen molar-refractivity contribution in [1.82, 2.24) is 14.3 Å². The summed E-state index contributed by atoms with van der Waals surface area (Å²) < 4.78 is 9.37. The molecule has 8 heteroatoms. The lowest BCUT2D eigenvalue weighted by Gasteiger charge is -2.17. The Morgan fingerprint density at radius 1 is 1.32 bits per heavy atom. The Kier molecular flexibility index (Phi) is 6.42. The van der Waals surface area contributed by atoms with Gasteiger partial charge in [-0.15, -0.1) is 0 Å². The first-order valence-electron chi connectivity index (χ1n) is 9.98. The van der Waals surface area contributed by atoms with E-state index in [4.69, 9.17) is 4.74 Å². The van der Waals surface area contributed by atoms with Gasteiger partial charge in [0.2, 0.25) is 5.56 Å². The van der Waals surface area contributed by atoms with E-state index in [0.717, 1.165) is 49.1 Å². The van der Waals surface area contributed by atoms with E-state index in [1.54, 1.807) is 19.3 Å². The van der Waals surface area contributed by atoms with Crippen molar-refractivity contribution in [3.05, 3.63) is 40.4 Å². The van der Waals surface area contributed by atoms with Gasteiger partial charge < -0.3 is 19.7 Å². The highest BCUT2D eigenvalue weighted by atomic mass is 28.3. The maximum atomic E-state index is 11.6. The van der Waals surface area contributed by atoms with Gasteiger partial charge in [-0.05, 0) is 31.4 Å². The highest BCUT2D eigenvalue weighted by Crippen LogP contribution is 2.35. The number of aromatic nitrogens is 3. The van der Waals surface area contributed by atoms with Crippen LogP contribution in [0.1, 0.15) is 30.9 Å². The zero-order chi connectivity index (χ0) is 20.3. The number of nitrogens with zero attached hydrogens (tertiary/aromatic N) is 3. The summed E-state index contributed by atoms with van der Waals surface area (Å²) in [5, 5.41) is 17.9. The van der Waals surface area contributed by atoms with Gasteiger partial charge in [0.05, 0.1) is 11.8 Å². The highest BCUT2D eigenvalue weighted by molar-refractivity contribution is 6.76. The van der Waals surface area contributed by atoms with Crippen molar-refractivity contribution in [2.45, 2.75) is 63.7 Å². The molecule has 2 aromatic heterocycles. The van der Waals surface area contributed by atoms with Crippen molar-refractivity contribution >= 4 is 19.6 Å². The minimum atomic E-state index is -1.13. The van der Waals surface area contributed by atoms with Crippen LogP contribution in [0.2, 0.25) is 25.7 Å². The number of hydrogen-bond acceptors (Lipinski definition) is 5. The molecule has 0 radical (unpaired) electrons. The first kappa shape index (κ1) is 20.8. The third-order valence-electron chi connectivity index (χ3n) is 5.20. The molecule has 2 aromatic rings. The maximum Gasteiger partial charge on any atom is 0.250 e. The Morgan fingerprint density at radius 3 is 2.75 bits per heavy atom. The van der Waals surface area contributed by atoms with Crippen molar-refractivity contribution in [2.75, 3.05) is 11.9 Å². The number of ether oxygens (including phenoxy) is 1. The van der Waals surface area contributed by atoms with Gasteiger partial charge in [0, 0.05) is 51.7 Å². The Balaban J connectivity index is 1.74. The fraction of sp³-hybridized carbons (Fsp3) is 0.600. The molecule has 0 spiro atoms. The van der Waals surface area contributed by atoms with Crippen LogP contribution in [0.5, 0.6) is 0 Å². The number of hydrogen-bond donors (Lipinski definition) is 2. The molecule has 1 saturated carbocycles. The van der Waals surface area contributed by atoms with Crippen LogP contribution in [0.3, 0.4) is 0 Å². The van der Waals surface area contributed by atoms with Gasteiger partial charge in [-0.1, -0.05) is 19.6 Å². The summed E-state index contributed by atoms with van der Waals surface area (Å²) in [4.78, 5) is 11.6. The van der Waals surface area contributed by atoms with Gasteiger partial charge in [0.15, 0.2) is 5.82 Å². The molecule has 0 saturated heterocycles. The fourth-order valence-electron chi connectivity index (χ4n) is 3.50. The Bertz CT molecular complexity index is 856. The van der Waals surface area contributed by atoms with Crippen molar-refractivity contribution < 1.29 is 9.84 Å². The van der Waals surface area contributed by atoms with Crippen LogP contribution in [0.25, 0.3) is 0 Å². The minimum absolute atomic E-state index is 0.0486. The van der Waals surface area contributed by atoms with Gasteiger partial charge in [0.25, 0.3) is 0 Å². The van der Waals surface area contributed by atoms with Crippen molar-refractivity contribution in [1.29, 1.82) is 0 Å². The minimum Gasteiger partial charge on any atom is -0.393 e. The van der Waals surface area contributed by atoms with Crippen molar-refractivity contribution in [2.24, 2.45) is 7.05 Å². The second-order valence-corrected chi connectivity index (χ2v) is 14.6. The highest BCUT2D eigenvalue weighted by Gasteiger charge is 2.27. The molecule has 0 aromatic carbocycles. The van der Waals surface area contributed by atoms with Gasteiger partial charge in [0.1, 0.15) is 6.73 Å². The molecule has 28 heavy (non-hydrogen) atoms. The van der Waals surface area contributed by atoms with E-state index in [1.165, 1.54) is 10.6 Å². The Labute approximate surface area is 167 Å². The maximum absolute atomic E-state index is 11.6. The number of nitrogens with one attached hydrogen (secondary N) is 1. The summed E-state index contributed by atoms with van der Waals surface area (Å²) in [5.74, 6) is 1.02. The first-order valence-corrected chi connectivity index (χ1v) is 13.7. The number of rotatable bonds is 8. The summed E-state index contributed by atoms with van der Waals surface area (Å²) >= 11 is 0. The number of aliphatic hydroxyl groups excluding tert-OH is 1. The number of aryl methyl sites for hydroxylation is 1. The lowest BCUT2D eigenvalue weighted by atomic mass is 10.0. The van der Waals surface area contributed by atoms with Crippen LogP contribution >= 0.6 is 0 Å². The molecule has 2 N–H and O–H groups in total. The summed E-state index contributed by atoms with van der Waals surface area (Å²) in [7, 11) is 0.599. The van der Waals surface area contributed by atoms with Crippen LogP contribution in [0.4, 0.5) is 11.5 Å². The molecule has 3 rings (SSSR count). The standard InChI is InChI=1S/C20H32N4O3Si/c1-23-13-16(6-8-20(23)26)21-19-12-18(15-5-7-17(25)11-15)24(22-19)14-27-9-10-28(2,3)4/h6,8,12-13,15,17,25H,5,7,9-11,14H2,1-4H3,(H,21,22)/t15-,17?/m0/s1. The SMILES string of the molecule is Cn1cc(Nc2cc([C@H]3CCC(O)C3)n(COCC[Si](C)(C)C)n2)ccc1=O. The molecule has 0 amide bonds. The van der Waals surface area contributed by atoms with E-state index in [2.05, 4.69) is 30.1 Å². The third kappa shape index (κ3) is 5.56. The Hall–Kier alpha value is -1.90. The number of aliphatic hydroxyl groups is 1. The van der Waals surface area contributed by atoms with Gasteiger partial charge in [-0.25, -0.2) is 4.68 Å². The smallest absolute Gasteiger partial charge is 0.250 e. The summed E-state index contributed by atoms with van der Waals surface area (Å²) in [6.07, 6.45) is 4.07. The normalized spacial score (nSPS) is 19.9. The number of pyridine rings is 1. The lowest BCUT2D eigenvalue weighted by molar-refractivity contribution is 0.0756. The predicted octanol–water partition coefficient (Wildman–Crippen LogP) is 3.27. The van der Waals surface area contributed by atoms with E-state index in [0.29, 0.717) is 12.6 Å². The van der Waals surface area contributed by atoms with E-state index in [1.807, 2.05) is 10.7 Å². The van der Waals surface area contributed by atoms with Gasteiger partial charge in [-0.2, -0.15) is 5.10 Å². The first-order chi connectivity index (χ1) is 13.2. The summed E-state index contributed by atoms with van der Waals surface area (Å²) in [6, 6.07) is 6.45. The van der Waals surface area contributed by atoms with E-state index < -0.39 is 8.07 Å². The largest absolute Gasteiger partial charge is 0.393 e. The Morgan fingerprint density at radius 2 is 2.11 bits per heavy atom. The van der Waals surface area contributed by atoms with E-state index >= 15 is 0 Å². The molecule has 1 unspecified atom stereocenters. The molecule has 7 nitrogen and oxygen atoms in total. The molecule has 2 heterocycles. The van der Waals surface area contributed by atoms with Crippen LogP contribution in [-0.2, 0) is 18.5 Å². The van der Waals surface area contributed by atoms with Gasteiger partial charge >= 0.3 is 0 Å². The monoisotopic (exact) mass is 404 g/mol. The zero-order valence-corrected chi connectivity index (χ0v) is 18.3. The van der Waals surface area contributed by atoms with E-state index in [-0.39, 0.29) is 11.7 Å². The zero-order valence-electron chi connectivity index (χ0n) is 17.3. The summed E-state index contributed by atoms with van der Waals surface area (Å²) in [6.45, 7) is 8.17. The molecule has 0 aliphatic heterocycles. The van der Waals surface area contributed by atoms with E-state index in [9.17, 15) is 9.90 Å². The molecule has 1 fully saturated rings. The van der Waals surface area contributed by atoms with Crippen LogP contribution in [0.15, 0.2) is 29.2 Å². The quantitative estimate of drug-likeness (QED) is 0.521. The molecule has 154 valence electrons. The molecule has 0 bridgehead atoms. The van der Waals surface area contributed by atoms with Crippen LogP contribution < -0.4 is 10.9 Å². The lowest BCUT2D eigenvalue weighted by Crippen LogP contribution is -2.22. The predicted molar refractivity (Wildman–Crippen MR) is 114 cm³/mol. The summed E-state index contributed by atoms with van der Waals surface area (Å²) in [5.41, 5.74) is 1.86. The average Bonchev–Trinajstić information content (AvgIpc) is 3.20. The number of anilines is 2. The molecular formula is C20H32N4O3Si. The second-order valence-electron chi connectivity index (χ2n) is 8.96.